The van der Waals surface area contributed by atoms with Crippen LogP contribution in [-0.4, -0.2) is 41.6 Å². The Morgan fingerprint density at radius 3 is 2.68 bits per heavy atom. The zero-order valence-electron chi connectivity index (χ0n) is 13.5. The molecule has 1 N–H and O–H groups in total. The summed E-state index contributed by atoms with van der Waals surface area (Å²) in [5.41, 5.74) is 0. The first-order valence-electron chi connectivity index (χ1n) is 8.01. The van der Waals surface area contributed by atoms with Crippen LogP contribution in [0.25, 0.3) is 0 Å². The summed E-state index contributed by atoms with van der Waals surface area (Å²) < 4.78 is 31.6. The number of carbonyl (C=O) groups is 1. The molecule has 2 heterocycles. The van der Waals surface area contributed by atoms with Crippen molar-refractivity contribution in [2.45, 2.75) is 18.9 Å². The molecule has 0 radical (unpaired) electrons. The van der Waals surface area contributed by atoms with Gasteiger partial charge in [-0.15, -0.1) is 0 Å². The highest BCUT2D eigenvalue weighted by Crippen LogP contribution is 2.18. The number of piperidine rings is 1. The molecule has 1 amide bonds. The number of amides is 1. The van der Waals surface area contributed by atoms with E-state index in [1.807, 2.05) is 0 Å². The molecular formula is C17H18F2N4O2. The highest BCUT2D eigenvalue weighted by Gasteiger charge is 2.22. The number of nitrogens with zero attached hydrogens (tertiary/aromatic N) is 3. The van der Waals surface area contributed by atoms with E-state index in [4.69, 9.17) is 4.74 Å². The van der Waals surface area contributed by atoms with Gasteiger partial charge < -0.3 is 15.0 Å². The van der Waals surface area contributed by atoms with E-state index in [1.54, 1.807) is 18.5 Å². The van der Waals surface area contributed by atoms with Crippen molar-refractivity contribution in [2.75, 3.05) is 24.6 Å². The third-order valence-corrected chi connectivity index (χ3v) is 3.95. The van der Waals surface area contributed by atoms with Crippen molar-refractivity contribution in [3.05, 3.63) is 48.3 Å². The molecule has 8 heteroatoms. The summed E-state index contributed by atoms with van der Waals surface area (Å²) in [4.78, 5) is 22.4. The minimum atomic E-state index is -0.703. The number of carbonyl (C=O) groups excluding carboxylic acids is 1. The Morgan fingerprint density at radius 2 is 1.96 bits per heavy atom. The molecule has 0 spiro atoms. The predicted octanol–water partition coefficient (Wildman–Crippen LogP) is 1.92. The minimum absolute atomic E-state index is 0.00780. The van der Waals surface area contributed by atoms with E-state index in [2.05, 4.69) is 20.2 Å². The van der Waals surface area contributed by atoms with Gasteiger partial charge in [-0.2, -0.15) is 0 Å². The Morgan fingerprint density at radius 1 is 1.24 bits per heavy atom. The fraction of sp³-hybridized carbons (Fsp3) is 0.353. The first-order valence-corrected chi connectivity index (χ1v) is 8.01. The number of halogens is 2. The quantitative estimate of drug-likeness (QED) is 0.894. The highest BCUT2D eigenvalue weighted by atomic mass is 19.1. The zero-order chi connectivity index (χ0) is 17.6. The summed E-state index contributed by atoms with van der Waals surface area (Å²) in [5.74, 6) is -1.28. The summed E-state index contributed by atoms with van der Waals surface area (Å²) >= 11 is 0. The lowest BCUT2D eigenvalue weighted by molar-refractivity contribution is -0.124. The van der Waals surface area contributed by atoms with Crippen LogP contribution in [0.2, 0.25) is 0 Å². The van der Waals surface area contributed by atoms with E-state index >= 15 is 0 Å². The Bertz CT molecular complexity index is 722. The standard InChI is InChI=1S/C17H18F2N4O2/c18-12-2-3-14(19)15(10-12)25-11-16(24)22-13-4-8-23(9-5-13)17-20-6-1-7-21-17/h1-3,6-7,10,13H,4-5,8-9,11H2,(H,22,24). The van der Waals surface area contributed by atoms with Gasteiger partial charge in [0, 0.05) is 37.6 Å². The summed E-state index contributed by atoms with van der Waals surface area (Å²) in [5, 5.41) is 2.85. The minimum Gasteiger partial charge on any atom is -0.481 e. The lowest BCUT2D eigenvalue weighted by atomic mass is 10.1. The molecule has 25 heavy (non-hydrogen) atoms. The molecule has 0 atom stereocenters. The number of rotatable bonds is 5. The summed E-state index contributed by atoms with van der Waals surface area (Å²) in [6.45, 7) is 1.10. The molecule has 1 aromatic carbocycles. The van der Waals surface area contributed by atoms with Gasteiger partial charge in [0.15, 0.2) is 18.2 Å². The van der Waals surface area contributed by atoms with Crippen LogP contribution >= 0.6 is 0 Å². The molecule has 0 bridgehead atoms. The van der Waals surface area contributed by atoms with Gasteiger partial charge in [-0.05, 0) is 31.0 Å². The van der Waals surface area contributed by atoms with Crippen LogP contribution in [0.4, 0.5) is 14.7 Å². The molecule has 0 saturated carbocycles. The molecular weight excluding hydrogens is 330 g/mol. The topological polar surface area (TPSA) is 67.3 Å². The first kappa shape index (κ1) is 17.1. The van der Waals surface area contributed by atoms with Crippen LogP contribution < -0.4 is 15.0 Å². The van der Waals surface area contributed by atoms with Crippen molar-refractivity contribution < 1.29 is 18.3 Å². The van der Waals surface area contributed by atoms with Crippen molar-refractivity contribution in [3.63, 3.8) is 0 Å². The van der Waals surface area contributed by atoms with E-state index < -0.39 is 11.6 Å². The van der Waals surface area contributed by atoms with Crippen molar-refractivity contribution in [2.24, 2.45) is 0 Å². The van der Waals surface area contributed by atoms with Gasteiger partial charge >= 0.3 is 0 Å². The molecule has 132 valence electrons. The van der Waals surface area contributed by atoms with Crippen LogP contribution in [-0.2, 0) is 4.79 Å². The normalized spacial score (nSPS) is 15.0. The van der Waals surface area contributed by atoms with Crippen LogP contribution in [0.15, 0.2) is 36.7 Å². The van der Waals surface area contributed by atoms with Gasteiger partial charge in [-0.3, -0.25) is 4.79 Å². The first-order chi connectivity index (χ1) is 12.1. The monoisotopic (exact) mass is 348 g/mol. The maximum Gasteiger partial charge on any atom is 0.258 e. The maximum atomic E-state index is 13.4. The Hall–Kier alpha value is -2.77. The molecule has 1 fully saturated rings. The van der Waals surface area contributed by atoms with E-state index in [0.29, 0.717) is 5.95 Å². The van der Waals surface area contributed by atoms with E-state index in [1.165, 1.54) is 0 Å². The van der Waals surface area contributed by atoms with Crippen molar-refractivity contribution in [1.82, 2.24) is 15.3 Å². The average molecular weight is 348 g/mol. The number of hydrogen-bond acceptors (Lipinski definition) is 5. The SMILES string of the molecule is O=C(COc1cc(F)ccc1F)NC1CCN(c2ncccn2)CC1. The average Bonchev–Trinajstić information content (AvgIpc) is 2.64. The second kappa shape index (κ2) is 7.87. The second-order valence-electron chi connectivity index (χ2n) is 5.74. The van der Waals surface area contributed by atoms with Crippen molar-refractivity contribution in [1.29, 1.82) is 0 Å². The lowest BCUT2D eigenvalue weighted by Gasteiger charge is -2.32. The van der Waals surface area contributed by atoms with Crippen LogP contribution in [0.3, 0.4) is 0 Å². The zero-order valence-corrected chi connectivity index (χ0v) is 13.5. The van der Waals surface area contributed by atoms with Crippen LogP contribution in [0.1, 0.15) is 12.8 Å². The highest BCUT2D eigenvalue weighted by molar-refractivity contribution is 5.77. The van der Waals surface area contributed by atoms with E-state index in [-0.39, 0.29) is 24.3 Å². The summed E-state index contributed by atoms with van der Waals surface area (Å²) in [6.07, 6.45) is 4.88. The Balaban J connectivity index is 1.44. The van der Waals surface area contributed by atoms with Gasteiger partial charge in [0.1, 0.15) is 5.82 Å². The molecule has 1 aliphatic rings. The number of nitrogens with one attached hydrogen (secondary N) is 1. The number of hydrogen-bond donors (Lipinski definition) is 1. The lowest BCUT2D eigenvalue weighted by Crippen LogP contribution is -2.46. The molecule has 2 aromatic rings. The third kappa shape index (κ3) is 4.62. The predicted molar refractivity (Wildman–Crippen MR) is 87.3 cm³/mol. The van der Waals surface area contributed by atoms with Gasteiger partial charge in [-0.25, -0.2) is 18.7 Å². The number of benzene rings is 1. The molecule has 0 unspecified atom stereocenters. The molecule has 6 nitrogen and oxygen atoms in total. The second-order valence-corrected chi connectivity index (χ2v) is 5.74. The van der Waals surface area contributed by atoms with Crippen LogP contribution in [0, 0.1) is 11.6 Å². The van der Waals surface area contributed by atoms with Crippen molar-refractivity contribution in [3.8, 4) is 5.75 Å². The van der Waals surface area contributed by atoms with E-state index in [9.17, 15) is 13.6 Å². The molecule has 1 aliphatic heterocycles. The largest absolute Gasteiger partial charge is 0.481 e. The van der Waals surface area contributed by atoms with Gasteiger partial charge in [0.2, 0.25) is 5.95 Å². The maximum absolute atomic E-state index is 13.4. The molecule has 3 rings (SSSR count). The van der Waals surface area contributed by atoms with Gasteiger partial charge in [-0.1, -0.05) is 0 Å². The smallest absolute Gasteiger partial charge is 0.258 e. The number of ether oxygens (including phenoxy) is 1. The van der Waals surface area contributed by atoms with Gasteiger partial charge in [0.05, 0.1) is 0 Å². The van der Waals surface area contributed by atoms with Crippen molar-refractivity contribution >= 4 is 11.9 Å². The Kier molecular flexibility index (Phi) is 5.37. The fourth-order valence-electron chi connectivity index (χ4n) is 2.68. The summed E-state index contributed by atoms with van der Waals surface area (Å²) in [6, 6.07) is 4.64. The Labute approximate surface area is 143 Å². The molecule has 1 aromatic heterocycles. The third-order valence-electron chi connectivity index (χ3n) is 3.95. The molecule has 0 aliphatic carbocycles. The van der Waals surface area contributed by atoms with E-state index in [0.717, 1.165) is 44.1 Å². The fourth-order valence-corrected chi connectivity index (χ4v) is 2.68. The number of anilines is 1. The number of aromatic nitrogens is 2. The van der Waals surface area contributed by atoms with Gasteiger partial charge in [0.25, 0.3) is 5.91 Å². The van der Waals surface area contributed by atoms with Crippen LogP contribution in [0.5, 0.6) is 5.75 Å². The summed E-state index contributed by atoms with van der Waals surface area (Å²) in [7, 11) is 0. The molecule has 1 saturated heterocycles.